The molecule has 1 fully saturated rings. The Morgan fingerprint density at radius 1 is 0.882 bits per heavy atom. The van der Waals surface area contributed by atoms with Crippen LogP contribution in [0.1, 0.15) is 40.2 Å². The molecule has 0 saturated carbocycles. The summed E-state index contributed by atoms with van der Waals surface area (Å²) >= 11 is 0. The van der Waals surface area contributed by atoms with Crippen LogP contribution in [0.2, 0.25) is 0 Å². The van der Waals surface area contributed by atoms with E-state index >= 15 is 0 Å². The van der Waals surface area contributed by atoms with Crippen LogP contribution in [0.5, 0.6) is 0 Å². The van der Waals surface area contributed by atoms with Crippen molar-refractivity contribution in [1.29, 1.82) is 0 Å². The average molecular weight is 459 g/mol. The summed E-state index contributed by atoms with van der Waals surface area (Å²) in [5.41, 5.74) is 5.78. The number of amides is 1. The Kier molecular flexibility index (Phi) is 7.91. The monoisotopic (exact) mass is 458 g/mol. The highest BCUT2D eigenvalue weighted by atomic mass is 16.5. The molecule has 178 valence electrons. The van der Waals surface area contributed by atoms with Gasteiger partial charge in [-0.25, -0.2) is 9.97 Å². The third kappa shape index (κ3) is 6.20. The van der Waals surface area contributed by atoms with Crippen LogP contribution < -0.4 is 4.90 Å². The molecule has 0 atom stereocenters. The van der Waals surface area contributed by atoms with Crippen LogP contribution in [0.4, 0.5) is 5.82 Å². The minimum Gasteiger partial charge on any atom is -0.367 e. The van der Waals surface area contributed by atoms with E-state index in [4.69, 9.17) is 9.72 Å². The van der Waals surface area contributed by atoms with E-state index in [1.807, 2.05) is 42.2 Å². The first-order valence-corrected chi connectivity index (χ1v) is 12.0. The third-order valence-corrected chi connectivity index (χ3v) is 6.29. The number of rotatable bonds is 7. The lowest BCUT2D eigenvalue weighted by Gasteiger charge is -2.26. The molecule has 1 aliphatic heterocycles. The molecule has 1 amide bonds. The largest absolute Gasteiger partial charge is 0.367 e. The average Bonchev–Trinajstić information content (AvgIpc) is 3.09. The fraction of sp³-hybridized carbons (Fsp3) is 0.393. The van der Waals surface area contributed by atoms with Gasteiger partial charge in [-0.05, 0) is 38.3 Å². The standard InChI is InChI=1S/C28H34N4O2/c1-21-10-12-24(13-11-21)18-26-22(2)29-23(3)30-28(26)32-15-7-14-31(16-17-32)27(33)20-34-19-25-8-5-4-6-9-25/h4-6,8-13H,7,14-20H2,1-3H3. The molecule has 0 bridgehead atoms. The number of aromatic nitrogens is 2. The van der Waals surface area contributed by atoms with Crippen LogP contribution >= 0.6 is 0 Å². The Morgan fingerprint density at radius 3 is 2.41 bits per heavy atom. The van der Waals surface area contributed by atoms with Crippen molar-refractivity contribution in [3.63, 3.8) is 0 Å². The van der Waals surface area contributed by atoms with Crippen molar-refractivity contribution in [1.82, 2.24) is 14.9 Å². The lowest BCUT2D eigenvalue weighted by Crippen LogP contribution is -2.37. The van der Waals surface area contributed by atoms with E-state index in [1.54, 1.807) is 0 Å². The van der Waals surface area contributed by atoms with Gasteiger partial charge < -0.3 is 14.5 Å². The van der Waals surface area contributed by atoms with Crippen LogP contribution in [0.3, 0.4) is 0 Å². The van der Waals surface area contributed by atoms with Gasteiger partial charge in [-0.1, -0.05) is 60.2 Å². The van der Waals surface area contributed by atoms with E-state index in [1.165, 1.54) is 16.7 Å². The molecule has 4 rings (SSSR count). The van der Waals surface area contributed by atoms with Crippen molar-refractivity contribution in [2.24, 2.45) is 0 Å². The summed E-state index contributed by atoms with van der Waals surface area (Å²) in [4.78, 5) is 26.5. The molecule has 0 unspecified atom stereocenters. The van der Waals surface area contributed by atoms with Crippen molar-refractivity contribution in [3.8, 4) is 0 Å². The van der Waals surface area contributed by atoms with E-state index in [2.05, 4.69) is 48.0 Å². The van der Waals surface area contributed by atoms with Gasteiger partial charge in [0.05, 0.1) is 6.61 Å². The Bertz CT molecular complexity index is 1100. The van der Waals surface area contributed by atoms with Crippen molar-refractivity contribution in [2.45, 2.75) is 40.2 Å². The van der Waals surface area contributed by atoms with Gasteiger partial charge >= 0.3 is 0 Å². The number of carbonyl (C=O) groups excluding carboxylic acids is 1. The van der Waals surface area contributed by atoms with Crippen molar-refractivity contribution in [3.05, 3.63) is 88.4 Å². The summed E-state index contributed by atoms with van der Waals surface area (Å²) < 4.78 is 5.69. The first-order valence-electron chi connectivity index (χ1n) is 12.0. The number of carbonyl (C=O) groups is 1. The normalized spacial score (nSPS) is 14.2. The molecule has 0 N–H and O–H groups in total. The quantitative estimate of drug-likeness (QED) is 0.530. The maximum atomic E-state index is 12.8. The van der Waals surface area contributed by atoms with E-state index in [-0.39, 0.29) is 12.5 Å². The lowest BCUT2D eigenvalue weighted by molar-refractivity contribution is -0.136. The van der Waals surface area contributed by atoms with Gasteiger partial charge in [0.15, 0.2) is 0 Å². The minimum atomic E-state index is 0.0488. The van der Waals surface area contributed by atoms with Gasteiger partial charge in [-0.3, -0.25) is 4.79 Å². The molecular formula is C28H34N4O2. The van der Waals surface area contributed by atoms with Gasteiger partial charge in [0.1, 0.15) is 18.2 Å². The van der Waals surface area contributed by atoms with E-state index in [0.29, 0.717) is 13.2 Å². The van der Waals surface area contributed by atoms with Crippen LogP contribution in [0, 0.1) is 20.8 Å². The number of anilines is 1. The maximum Gasteiger partial charge on any atom is 0.248 e. The highest BCUT2D eigenvalue weighted by Crippen LogP contribution is 2.25. The molecule has 2 heterocycles. The molecule has 0 aliphatic carbocycles. The van der Waals surface area contributed by atoms with Gasteiger partial charge in [0, 0.05) is 43.9 Å². The molecule has 2 aromatic carbocycles. The van der Waals surface area contributed by atoms with Gasteiger partial charge in [0.25, 0.3) is 0 Å². The predicted octanol–water partition coefficient (Wildman–Crippen LogP) is 4.25. The lowest BCUT2D eigenvalue weighted by atomic mass is 10.0. The van der Waals surface area contributed by atoms with E-state index < -0.39 is 0 Å². The first-order chi connectivity index (χ1) is 16.5. The molecule has 3 aromatic rings. The fourth-order valence-electron chi connectivity index (χ4n) is 4.40. The van der Waals surface area contributed by atoms with Gasteiger partial charge in [0.2, 0.25) is 5.91 Å². The molecule has 0 spiro atoms. The highest BCUT2D eigenvalue weighted by molar-refractivity contribution is 5.77. The Labute approximate surface area is 202 Å². The summed E-state index contributed by atoms with van der Waals surface area (Å²) in [5.74, 6) is 1.83. The maximum absolute atomic E-state index is 12.8. The summed E-state index contributed by atoms with van der Waals surface area (Å²) in [6.45, 7) is 9.70. The SMILES string of the molecule is Cc1ccc(Cc2c(C)nc(C)nc2N2CCCN(C(=O)COCc3ccccc3)CC2)cc1. The summed E-state index contributed by atoms with van der Waals surface area (Å²) in [6.07, 6.45) is 1.70. The van der Waals surface area contributed by atoms with E-state index in [9.17, 15) is 4.79 Å². The molecular weight excluding hydrogens is 424 g/mol. The summed E-state index contributed by atoms with van der Waals surface area (Å²) in [5, 5.41) is 0. The third-order valence-electron chi connectivity index (χ3n) is 6.29. The Hall–Kier alpha value is -3.25. The second-order valence-electron chi connectivity index (χ2n) is 9.02. The van der Waals surface area contributed by atoms with Crippen LogP contribution in [0.25, 0.3) is 0 Å². The number of hydrogen-bond donors (Lipinski definition) is 0. The van der Waals surface area contributed by atoms with Crippen molar-refractivity contribution in [2.75, 3.05) is 37.7 Å². The Balaban J connectivity index is 1.41. The zero-order valence-corrected chi connectivity index (χ0v) is 20.5. The summed E-state index contributed by atoms with van der Waals surface area (Å²) in [6, 6.07) is 18.6. The molecule has 34 heavy (non-hydrogen) atoms. The summed E-state index contributed by atoms with van der Waals surface area (Å²) in [7, 11) is 0. The highest BCUT2D eigenvalue weighted by Gasteiger charge is 2.23. The van der Waals surface area contributed by atoms with Crippen molar-refractivity contribution >= 4 is 11.7 Å². The zero-order chi connectivity index (χ0) is 23.9. The molecule has 1 aliphatic rings. The fourth-order valence-corrected chi connectivity index (χ4v) is 4.40. The molecule has 1 saturated heterocycles. The Morgan fingerprint density at radius 2 is 1.65 bits per heavy atom. The number of ether oxygens (including phenoxy) is 1. The zero-order valence-electron chi connectivity index (χ0n) is 20.5. The molecule has 1 aromatic heterocycles. The number of nitrogens with zero attached hydrogens (tertiary/aromatic N) is 4. The topological polar surface area (TPSA) is 58.6 Å². The number of benzene rings is 2. The van der Waals surface area contributed by atoms with Crippen LogP contribution in [0.15, 0.2) is 54.6 Å². The van der Waals surface area contributed by atoms with Crippen LogP contribution in [-0.4, -0.2) is 53.6 Å². The van der Waals surface area contributed by atoms with Crippen molar-refractivity contribution < 1.29 is 9.53 Å². The molecule has 0 radical (unpaired) electrons. The van der Waals surface area contributed by atoms with E-state index in [0.717, 1.165) is 55.4 Å². The molecule has 6 heteroatoms. The minimum absolute atomic E-state index is 0.0488. The van der Waals surface area contributed by atoms with Gasteiger partial charge in [-0.15, -0.1) is 0 Å². The predicted molar refractivity (Wildman–Crippen MR) is 135 cm³/mol. The second-order valence-corrected chi connectivity index (χ2v) is 9.02. The van der Waals surface area contributed by atoms with Crippen LogP contribution in [-0.2, 0) is 22.6 Å². The smallest absolute Gasteiger partial charge is 0.248 e. The first kappa shape index (κ1) is 23.9. The van der Waals surface area contributed by atoms with Gasteiger partial charge in [-0.2, -0.15) is 0 Å². The number of aryl methyl sites for hydroxylation is 3. The second kappa shape index (κ2) is 11.3. The number of hydrogen-bond acceptors (Lipinski definition) is 5. The molecule has 6 nitrogen and oxygen atoms in total.